The van der Waals surface area contributed by atoms with Gasteiger partial charge in [0.05, 0.1) is 14.2 Å². The van der Waals surface area contributed by atoms with Gasteiger partial charge in [0.2, 0.25) is 11.9 Å². The van der Waals surface area contributed by atoms with Crippen molar-refractivity contribution in [2.24, 2.45) is 5.92 Å². The van der Waals surface area contributed by atoms with E-state index < -0.39 is 6.04 Å². The molecule has 0 bridgehead atoms. The highest BCUT2D eigenvalue weighted by molar-refractivity contribution is 5.78. The Hall–Kier alpha value is -3.88. The number of nitrogens with zero attached hydrogens (tertiary/aromatic N) is 3. The lowest BCUT2D eigenvalue weighted by Gasteiger charge is -2.19. The molecule has 1 atom stereocenters. The zero-order valence-electron chi connectivity index (χ0n) is 19.2. The normalized spacial score (nSPS) is 11.5. The fraction of sp³-hybridized carbons (Fsp3) is 0.333. The molecule has 0 fully saturated rings. The quantitative estimate of drug-likeness (QED) is 0.413. The number of aromatic nitrogens is 3. The largest absolute Gasteiger partial charge is 0.497 e. The van der Waals surface area contributed by atoms with Crippen molar-refractivity contribution in [1.29, 1.82) is 0 Å². The fourth-order valence-corrected chi connectivity index (χ4v) is 3.06. The van der Waals surface area contributed by atoms with Crippen molar-refractivity contribution in [2.45, 2.75) is 32.9 Å². The van der Waals surface area contributed by atoms with Gasteiger partial charge in [0.15, 0.2) is 0 Å². The molecule has 9 nitrogen and oxygen atoms in total. The van der Waals surface area contributed by atoms with Crippen LogP contribution in [0, 0.1) is 5.92 Å². The van der Waals surface area contributed by atoms with Crippen LogP contribution in [0.4, 0.5) is 11.9 Å². The summed E-state index contributed by atoms with van der Waals surface area (Å²) >= 11 is 0. The summed E-state index contributed by atoms with van der Waals surface area (Å²) in [6.45, 7) is 4.56. The third-order valence-corrected chi connectivity index (χ3v) is 4.67. The summed E-state index contributed by atoms with van der Waals surface area (Å²) in [5, 5.41) is 6.25. The molecule has 174 valence electrons. The number of methoxy groups -OCH3 is 2. The molecule has 1 heterocycles. The lowest BCUT2D eigenvalue weighted by atomic mass is 10.0. The summed E-state index contributed by atoms with van der Waals surface area (Å²) in [4.78, 5) is 25.4. The second-order valence-corrected chi connectivity index (χ2v) is 7.73. The topological polar surface area (TPSA) is 107 Å². The molecule has 0 saturated heterocycles. The number of carbonyl (C=O) groups excluding carboxylic acids is 1. The van der Waals surface area contributed by atoms with Crippen LogP contribution in [0.1, 0.15) is 25.8 Å². The molecule has 0 aliphatic carbocycles. The van der Waals surface area contributed by atoms with Crippen LogP contribution < -0.4 is 20.1 Å². The lowest BCUT2D eigenvalue weighted by molar-refractivity contribution is -0.141. The summed E-state index contributed by atoms with van der Waals surface area (Å²) < 4.78 is 16.0. The number of hydrogen-bond donors (Lipinski definition) is 2. The van der Waals surface area contributed by atoms with Crippen molar-refractivity contribution in [2.75, 3.05) is 24.9 Å². The number of benzene rings is 2. The third-order valence-electron chi connectivity index (χ3n) is 4.67. The Labute approximate surface area is 193 Å². The van der Waals surface area contributed by atoms with Gasteiger partial charge in [-0.25, -0.2) is 4.79 Å². The number of anilines is 2. The first-order chi connectivity index (χ1) is 16.0. The molecule has 33 heavy (non-hydrogen) atoms. The minimum Gasteiger partial charge on any atom is -0.497 e. The number of carbonyl (C=O) groups is 1. The minimum atomic E-state index is -0.604. The highest BCUT2D eigenvalue weighted by Crippen LogP contribution is 2.23. The van der Waals surface area contributed by atoms with Crippen LogP contribution in [0.5, 0.6) is 17.5 Å². The number of nitrogens with one attached hydrogen (secondary N) is 2. The van der Waals surface area contributed by atoms with E-state index >= 15 is 0 Å². The molecule has 0 aliphatic rings. The molecule has 0 spiro atoms. The standard InChI is InChI=1S/C24H29N5O4/c1-16(2)14-20(21(30)32-4)26-23-27-22(25-15-17-8-6-5-7-9-17)28-24(29-23)33-19-12-10-18(31-3)11-13-19/h5-13,16,20H,14-15H2,1-4H3,(H2,25,26,27,28,29)/t20-/m0/s1. The second kappa shape index (κ2) is 11.7. The van der Waals surface area contributed by atoms with Crippen LogP contribution in [-0.4, -0.2) is 41.2 Å². The SMILES string of the molecule is COC(=O)[C@H](CC(C)C)Nc1nc(NCc2ccccc2)nc(Oc2ccc(OC)cc2)n1. The van der Waals surface area contributed by atoms with Gasteiger partial charge in [-0.3, -0.25) is 0 Å². The Kier molecular flexibility index (Phi) is 8.40. The Morgan fingerprint density at radius 2 is 1.58 bits per heavy atom. The Bertz CT molecular complexity index is 1030. The molecule has 9 heteroatoms. The van der Waals surface area contributed by atoms with E-state index in [-0.39, 0.29) is 23.8 Å². The Morgan fingerprint density at radius 1 is 0.909 bits per heavy atom. The second-order valence-electron chi connectivity index (χ2n) is 7.73. The van der Waals surface area contributed by atoms with Crippen molar-refractivity contribution < 1.29 is 19.0 Å². The number of rotatable bonds is 11. The van der Waals surface area contributed by atoms with Gasteiger partial charge in [0.25, 0.3) is 0 Å². The fourth-order valence-electron chi connectivity index (χ4n) is 3.06. The molecular formula is C24H29N5O4. The van der Waals surface area contributed by atoms with Gasteiger partial charge in [0, 0.05) is 6.54 Å². The first-order valence-corrected chi connectivity index (χ1v) is 10.7. The van der Waals surface area contributed by atoms with Crippen LogP contribution >= 0.6 is 0 Å². The molecule has 0 unspecified atom stereocenters. The Balaban J connectivity index is 1.85. The maximum absolute atomic E-state index is 12.3. The summed E-state index contributed by atoms with van der Waals surface area (Å²) in [5.41, 5.74) is 1.07. The molecule has 2 aromatic carbocycles. The van der Waals surface area contributed by atoms with Gasteiger partial charge in [0.1, 0.15) is 17.5 Å². The monoisotopic (exact) mass is 451 g/mol. The van der Waals surface area contributed by atoms with E-state index in [0.29, 0.717) is 30.4 Å². The van der Waals surface area contributed by atoms with E-state index in [1.807, 2.05) is 44.2 Å². The molecule has 3 aromatic rings. The summed E-state index contributed by atoms with van der Waals surface area (Å²) in [6, 6.07) is 16.4. The predicted octanol–water partition coefficient (Wildman–Crippen LogP) is 4.28. The van der Waals surface area contributed by atoms with Gasteiger partial charge in [-0.15, -0.1) is 0 Å². The number of hydrogen-bond acceptors (Lipinski definition) is 9. The van der Waals surface area contributed by atoms with Gasteiger partial charge in [-0.05, 0) is 42.2 Å². The highest BCUT2D eigenvalue weighted by Gasteiger charge is 2.22. The summed E-state index contributed by atoms with van der Waals surface area (Å²) in [5.74, 6) is 1.64. The summed E-state index contributed by atoms with van der Waals surface area (Å²) in [6.07, 6.45) is 0.555. The maximum atomic E-state index is 12.3. The van der Waals surface area contributed by atoms with Crippen LogP contribution in [0.3, 0.4) is 0 Å². The molecule has 2 N–H and O–H groups in total. The average molecular weight is 452 g/mol. The van der Waals surface area contributed by atoms with Gasteiger partial charge in [-0.1, -0.05) is 44.2 Å². The van der Waals surface area contributed by atoms with Crippen molar-refractivity contribution in [3.8, 4) is 17.5 Å². The third kappa shape index (κ3) is 7.34. The molecule has 0 saturated carbocycles. The molecule has 0 radical (unpaired) electrons. The molecular weight excluding hydrogens is 422 g/mol. The van der Waals surface area contributed by atoms with Crippen LogP contribution in [0.25, 0.3) is 0 Å². The first-order valence-electron chi connectivity index (χ1n) is 10.7. The van der Waals surface area contributed by atoms with Crippen molar-refractivity contribution in [3.63, 3.8) is 0 Å². The van der Waals surface area contributed by atoms with Crippen LogP contribution in [-0.2, 0) is 16.1 Å². The van der Waals surface area contributed by atoms with Crippen molar-refractivity contribution >= 4 is 17.9 Å². The molecule has 3 rings (SSSR count). The first kappa shape index (κ1) is 23.8. The van der Waals surface area contributed by atoms with E-state index in [0.717, 1.165) is 5.56 Å². The zero-order valence-corrected chi connectivity index (χ0v) is 19.2. The summed E-state index contributed by atoms with van der Waals surface area (Å²) in [7, 11) is 2.95. The van der Waals surface area contributed by atoms with E-state index in [4.69, 9.17) is 14.2 Å². The van der Waals surface area contributed by atoms with E-state index in [9.17, 15) is 4.79 Å². The molecule has 1 aromatic heterocycles. The highest BCUT2D eigenvalue weighted by atomic mass is 16.5. The lowest BCUT2D eigenvalue weighted by Crippen LogP contribution is -2.33. The van der Waals surface area contributed by atoms with E-state index in [1.165, 1.54) is 7.11 Å². The van der Waals surface area contributed by atoms with Crippen LogP contribution in [0.2, 0.25) is 0 Å². The smallest absolute Gasteiger partial charge is 0.328 e. The van der Waals surface area contributed by atoms with E-state index in [1.54, 1.807) is 31.4 Å². The number of ether oxygens (including phenoxy) is 3. The Morgan fingerprint density at radius 3 is 2.21 bits per heavy atom. The number of esters is 1. The zero-order chi connectivity index (χ0) is 23.6. The predicted molar refractivity (Wildman–Crippen MR) is 126 cm³/mol. The van der Waals surface area contributed by atoms with Crippen molar-refractivity contribution in [1.82, 2.24) is 15.0 Å². The van der Waals surface area contributed by atoms with Crippen molar-refractivity contribution in [3.05, 3.63) is 60.2 Å². The maximum Gasteiger partial charge on any atom is 0.328 e. The molecule has 0 aliphatic heterocycles. The molecule has 0 amide bonds. The van der Waals surface area contributed by atoms with Gasteiger partial charge < -0.3 is 24.8 Å². The average Bonchev–Trinajstić information content (AvgIpc) is 2.82. The van der Waals surface area contributed by atoms with Gasteiger partial charge >= 0.3 is 12.0 Å². The van der Waals surface area contributed by atoms with Crippen LogP contribution in [0.15, 0.2) is 54.6 Å². The van der Waals surface area contributed by atoms with E-state index in [2.05, 4.69) is 25.6 Å². The van der Waals surface area contributed by atoms with Gasteiger partial charge in [-0.2, -0.15) is 15.0 Å². The minimum absolute atomic E-state index is 0.0846.